The first kappa shape index (κ1) is 102. The van der Waals surface area contributed by atoms with Gasteiger partial charge in [0.15, 0.2) is 12.2 Å². The number of esters is 4. The molecule has 0 aliphatic carbocycles. The van der Waals surface area contributed by atoms with Crippen LogP contribution in [0.5, 0.6) is 0 Å². The number of phosphoric acid groups is 2. The summed E-state index contributed by atoms with van der Waals surface area (Å²) < 4.78 is 68.8. The van der Waals surface area contributed by atoms with E-state index in [1.54, 1.807) is 0 Å². The first-order valence-corrected chi connectivity index (χ1v) is 47.1. The number of hydrogen-bond acceptors (Lipinski definition) is 15. The van der Waals surface area contributed by atoms with Crippen molar-refractivity contribution in [2.45, 2.75) is 471 Å². The number of ether oxygens (including phenoxy) is 4. The predicted molar refractivity (Wildman–Crippen MR) is 428 cm³/mol. The molecule has 0 aliphatic rings. The highest BCUT2D eigenvalue weighted by molar-refractivity contribution is 7.47. The van der Waals surface area contributed by atoms with Gasteiger partial charge in [-0.1, -0.05) is 401 Å². The fourth-order valence-electron chi connectivity index (χ4n) is 13.2. The molecule has 0 amide bonds. The topological polar surface area (TPSA) is 237 Å². The van der Waals surface area contributed by atoms with E-state index in [1.807, 2.05) is 0 Å². The van der Waals surface area contributed by atoms with E-state index in [0.717, 1.165) is 102 Å². The van der Waals surface area contributed by atoms with E-state index in [1.165, 1.54) is 270 Å². The van der Waals surface area contributed by atoms with E-state index in [9.17, 15) is 43.2 Å². The van der Waals surface area contributed by atoms with Crippen molar-refractivity contribution in [3.8, 4) is 0 Å². The zero-order valence-corrected chi connectivity index (χ0v) is 70.1. The molecule has 4 unspecified atom stereocenters. The largest absolute Gasteiger partial charge is 0.472 e. The van der Waals surface area contributed by atoms with Crippen molar-refractivity contribution in [2.75, 3.05) is 39.6 Å². The molecule has 0 saturated carbocycles. The maximum absolute atomic E-state index is 13.1. The number of carbonyl (C=O) groups is 4. The van der Waals surface area contributed by atoms with E-state index in [2.05, 4.69) is 41.5 Å². The summed E-state index contributed by atoms with van der Waals surface area (Å²) in [4.78, 5) is 73.1. The zero-order chi connectivity index (χ0) is 76.4. The van der Waals surface area contributed by atoms with Gasteiger partial charge in [-0.05, 0) is 37.5 Å². The Morgan fingerprint density at radius 1 is 0.269 bits per heavy atom. The number of rotatable bonds is 84. The van der Waals surface area contributed by atoms with Crippen LogP contribution in [-0.4, -0.2) is 96.7 Å². The molecular formula is C85H166O17P2. The van der Waals surface area contributed by atoms with Crippen LogP contribution in [-0.2, 0) is 65.4 Å². The van der Waals surface area contributed by atoms with Gasteiger partial charge < -0.3 is 33.8 Å². The monoisotopic (exact) mass is 1520 g/mol. The van der Waals surface area contributed by atoms with Gasteiger partial charge in [-0.25, -0.2) is 9.13 Å². The van der Waals surface area contributed by atoms with E-state index in [-0.39, 0.29) is 25.7 Å². The van der Waals surface area contributed by atoms with Crippen LogP contribution in [0.25, 0.3) is 0 Å². The van der Waals surface area contributed by atoms with Crippen LogP contribution in [0.3, 0.4) is 0 Å². The second-order valence-electron chi connectivity index (χ2n) is 31.1. The Kier molecular flexibility index (Phi) is 75.0. The molecule has 0 saturated heterocycles. The third kappa shape index (κ3) is 75.5. The molecule has 0 aromatic carbocycles. The van der Waals surface area contributed by atoms with E-state index in [0.29, 0.717) is 25.7 Å². The molecular weight excluding hydrogens is 1350 g/mol. The minimum absolute atomic E-state index is 0.107. The Labute approximate surface area is 638 Å². The molecule has 0 aliphatic heterocycles. The van der Waals surface area contributed by atoms with Gasteiger partial charge in [0, 0.05) is 25.7 Å². The van der Waals surface area contributed by atoms with Crippen molar-refractivity contribution in [2.24, 2.45) is 11.8 Å². The van der Waals surface area contributed by atoms with Gasteiger partial charge in [0.1, 0.15) is 19.3 Å². The second kappa shape index (κ2) is 76.4. The van der Waals surface area contributed by atoms with Crippen molar-refractivity contribution >= 4 is 39.5 Å². The fraction of sp³-hybridized carbons (Fsp3) is 0.953. The van der Waals surface area contributed by atoms with Crippen LogP contribution in [0.1, 0.15) is 452 Å². The standard InChI is InChI=1S/C85H166O17P2/c1-7-11-13-15-17-19-21-22-23-24-25-26-27-28-29-30-35-38-45-51-57-63-69-84(89)101-81(74-96-83(88)68-62-56-50-44-37-34-32-31-33-36-41-47-53-59-65-77(5)9-3)76-100-104(93,94)98-72-79(86)71-97-103(91,92)99-75-80(73-95-82(87)67-61-55-49-43-20-18-16-14-12-8-2)102-85(90)70-64-58-52-46-40-39-42-48-54-60-66-78(6)10-4/h77-81,86H,7-76H2,1-6H3,(H,91,92)(H,93,94)/t77?,78?,79-,80+,81+/m0/s1. The summed E-state index contributed by atoms with van der Waals surface area (Å²) in [5.74, 6) is -0.452. The molecule has 0 heterocycles. The highest BCUT2D eigenvalue weighted by Crippen LogP contribution is 2.45. The second-order valence-corrected chi connectivity index (χ2v) is 34.0. The minimum Gasteiger partial charge on any atom is -0.462 e. The Bertz CT molecular complexity index is 2000. The molecule has 0 aromatic rings. The van der Waals surface area contributed by atoms with Gasteiger partial charge in [-0.3, -0.25) is 37.3 Å². The van der Waals surface area contributed by atoms with Crippen LogP contribution in [0, 0.1) is 11.8 Å². The zero-order valence-electron chi connectivity index (χ0n) is 68.3. The summed E-state index contributed by atoms with van der Waals surface area (Å²) in [6, 6.07) is 0. The molecule has 17 nitrogen and oxygen atoms in total. The van der Waals surface area contributed by atoms with Crippen molar-refractivity contribution < 1.29 is 80.2 Å². The molecule has 0 spiro atoms. The number of phosphoric ester groups is 2. The summed E-state index contributed by atoms with van der Waals surface area (Å²) in [5.41, 5.74) is 0. The van der Waals surface area contributed by atoms with Gasteiger partial charge >= 0.3 is 39.5 Å². The van der Waals surface area contributed by atoms with Crippen molar-refractivity contribution in [1.29, 1.82) is 0 Å². The Morgan fingerprint density at radius 2 is 0.462 bits per heavy atom. The smallest absolute Gasteiger partial charge is 0.462 e. The van der Waals surface area contributed by atoms with Gasteiger partial charge in [-0.2, -0.15) is 0 Å². The number of aliphatic hydroxyl groups is 1. The van der Waals surface area contributed by atoms with Crippen molar-refractivity contribution in [3.05, 3.63) is 0 Å². The van der Waals surface area contributed by atoms with Gasteiger partial charge in [-0.15, -0.1) is 0 Å². The van der Waals surface area contributed by atoms with E-state index < -0.39 is 97.5 Å². The number of carbonyl (C=O) groups excluding carboxylic acids is 4. The summed E-state index contributed by atoms with van der Waals surface area (Å²) in [6.07, 6.45) is 68.0. The van der Waals surface area contributed by atoms with Crippen LogP contribution in [0.2, 0.25) is 0 Å². The highest BCUT2D eigenvalue weighted by Gasteiger charge is 2.30. The number of unbranched alkanes of at least 4 members (excludes halogenated alkanes) is 52. The first-order chi connectivity index (χ1) is 50.4. The van der Waals surface area contributed by atoms with Crippen molar-refractivity contribution in [1.82, 2.24) is 0 Å². The molecule has 104 heavy (non-hydrogen) atoms. The van der Waals surface area contributed by atoms with Gasteiger partial charge in [0.2, 0.25) is 0 Å². The lowest BCUT2D eigenvalue weighted by Crippen LogP contribution is -2.30. The lowest BCUT2D eigenvalue weighted by molar-refractivity contribution is -0.161. The maximum atomic E-state index is 13.1. The van der Waals surface area contributed by atoms with Crippen LogP contribution in [0.15, 0.2) is 0 Å². The molecule has 0 fully saturated rings. The van der Waals surface area contributed by atoms with Crippen LogP contribution < -0.4 is 0 Å². The number of aliphatic hydroxyl groups excluding tert-OH is 1. The third-order valence-corrected chi connectivity index (χ3v) is 22.6. The van der Waals surface area contributed by atoms with E-state index in [4.69, 9.17) is 37.0 Å². The highest BCUT2D eigenvalue weighted by atomic mass is 31.2. The molecule has 19 heteroatoms. The quantitative estimate of drug-likeness (QED) is 0.0222. The fourth-order valence-corrected chi connectivity index (χ4v) is 14.8. The molecule has 618 valence electrons. The first-order valence-electron chi connectivity index (χ1n) is 44.1. The number of hydrogen-bond donors (Lipinski definition) is 3. The summed E-state index contributed by atoms with van der Waals surface area (Å²) >= 11 is 0. The summed E-state index contributed by atoms with van der Waals surface area (Å²) in [7, 11) is -9.92. The maximum Gasteiger partial charge on any atom is 0.472 e. The van der Waals surface area contributed by atoms with Crippen molar-refractivity contribution in [3.63, 3.8) is 0 Å². The normalized spacial score (nSPS) is 14.4. The molecule has 0 rings (SSSR count). The average molecular weight is 1520 g/mol. The molecule has 0 bridgehead atoms. The van der Waals surface area contributed by atoms with Crippen LogP contribution >= 0.6 is 15.6 Å². The Morgan fingerprint density at radius 3 is 0.683 bits per heavy atom. The third-order valence-electron chi connectivity index (χ3n) is 20.7. The lowest BCUT2D eigenvalue weighted by Gasteiger charge is -2.21. The van der Waals surface area contributed by atoms with Crippen LogP contribution in [0.4, 0.5) is 0 Å². The Hall–Kier alpha value is -1.94. The molecule has 3 N–H and O–H groups in total. The predicted octanol–water partition coefficient (Wildman–Crippen LogP) is 25.8. The molecule has 7 atom stereocenters. The summed E-state index contributed by atoms with van der Waals surface area (Å²) in [6.45, 7) is 9.73. The molecule has 0 radical (unpaired) electrons. The summed E-state index contributed by atoms with van der Waals surface area (Å²) in [5, 5.41) is 10.7. The lowest BCUT2D eigenvalue weighted by atomic mass is 9.99. The molecule has 0 aromatic heterocycles. The SMILES string of the molecule is CCCCCCCCCCCCCCCCCCCCCCCCC(=O)O[C@H](COC(=O)CCCCCCCCCCCCCCCCC(C)CC)COP(=O)(O)OC[C@@H](O)COP(=O)(O)OC[C@@H](COC(=O)CCCCCCCCCCCC)OC(=O)CCCCCCCCCCCCC(C)CC. The average Bonchev–Trinajstić information content (AvgIpc) is 0.911. The van der Waals surface area contributed by atoms with Gasteiger partial charge in [0.25, 0.3) is 0 Å². The van der Waals surface area contributed by atoms with E-state index >= 15 is 0 Å². The minimum atomic E-state index is -4.97. The Balaban J connectivity index is 5.22. The van der Waals surface area contributed by atoms with Gasteiger partial charge in [0.05, 0.1) is 26.4 Å².